The number of carboxylic acid groups (broad SMARTS) is 1. The lowest BCUT2D eigenvalue weighted by molar-refractivity contribution is -0.158. The lowest BCUT2D eigenvalue weighted by Gasteiger charge is -2.14. The summed E-state index contributed by atoms with van der Waals surface area (Å²) in [7, 11) is 1.30. The van der Waals surface area contributed by atoms with Gasteiger partial charge >= 0.3 is 12.1 Å². The molecule has 0 fully saturated rings. The number of hydrogen-bond donors (Lipinski definition) is 4. The maximum atomic E-state index is 12.3. The lowest BCUT2D eigenvalue weighted by Crippen LogP contribution is -2.37. The van der Waals surface area contributed by atoms with Crippen LogP contribution in [0.4, 0.5) is 10.6 Å². The van der Waals surface area contributed by atoms with Gasteiger partial charge in [-0.1, -0.05) is 48.5 Å². The summed E-state index contributed by atoms with van der Waals surface area (Å²) in [5.41, 5.74) is 6.35. The molecule has 0 aliphatic heterocycles. The fourth-order valence-electron chi connectivity index (χ4n) is 3.73. The molecule has 1 atom stereocenters. The van der Waals surface area contributed by atoms with Crippen LogP contribution in [0.2, 0.25) is 0 Å². The third-order valence-corrected chi connectivity index (χ3v) is 5.28. The zero-order valence-electron chi connectivity index (χ0n) is 18.1. The molecule has 0 saturated carbocycles. The van der Waals surface area contributed by atoms with Crippen molar-refractivity contribution in [2.24, 2.45) is 0 Å². The van der Waals surface area contributed by atoms with Gasteiger partial charge in [0.05, 0.1) is 6.61 Å². The van der Waals surface area contributed by atoms with E-state index in [0.717, 1.165) is 22.3 Å². The number of hydrogen-bond acceptors (Lipinski definition) is 7. The predicted octanol–water partition coefficient (Wildman–Crippen LogP) is 2.53. The number of anilines is 1. The number of ether oxygens (including phenoxy) is 2. The van der Waals surface area contributed by atoms with Crippen LogP contribution in [-0.4, -0.2) is 59.7 Å². The Labute approximate surface area is 194 Å². The standard InChI is InChI=1S/C23H22N4O7/c1-32-12-19(22(29)30)34-27-21(28)18-10-20(26-25-18)24-23(31)33-11-17-15-8-4-2-6-13(15)14-7-3-5-9-16(14)17/h2-10,17,19H,11-12H2,1H3,(H,27,28)(H,29,30)(H2,24,25,26,31). The predicted molar refractivity (Wildman–Crippen MR) is 119 cm³/mol. The fraction of sp³-hybridized carbons (Fsp3) is 0.217. The highest BCUT2D eigenvalue weighted by Crippen LogP contribution is 2.44. The Bertz CT molecular complexity index is 1160. The Balaban J connectivity index is 1.33. The first-order valence-corrected chi connectivity index (χ1v) is 10.3. The summed E-state index contributed by atoms with van der Waals surface area (Å²) in [6, 6.07) is 17.2. The molecule has 34 heavy (non-hydrogen) atoms. The van der Waals surface area contributed by atoms with Gasteiger partial charge in [0.1, 0.15) is 12.3 Å². The largest absolute Gasteiger partial charge is 0.479 e. The van der Waals surface area contributed by atoms with E-state index >= 15 is 0 Å². The monoisotopic (exact) mass is 466 g/mol. The molecule has 4 N–H and O–H groups in total. The number of amides is 2. The van der Waals surface area contributed by atoms with Crippen LogP contribution in [0.25, 0.3) is 11.1 Å². The van der Waals surface area contributed by atoms with Gasteiger partial charge < -0.3 is 14.6 Å². The number of fused-ring (bicyclic) bond motifs is 3. The van der Waals surface area contributed by atoms with Crippen LogP contribution in [0.1, 0.15) is 27.5 Å². The molecule has 11 nitrogen and oxygen atoms in total. The zero-order chi connectivity index (χ0) is 24.1. The molecule has 11 heteroatoms. The van der Waals surface area contributed by atoms with Gasteiger partial charge in [0.2, 0.25) is 6.10 Å². The molecule has 0 spiro atoms. The minimum atomic E-state index is -1.38. The van der Waals surface area contributed by atoms with E-state index in [1.165, 1.54) is 13.2 Å². The van der Waals surface area contributed by atoms with Crippen molar-refractivity contribution < 1.29 is 33.8 Å². The van der Waals surface area contributed by atoms with E-state index in [2.05, 4.69) is 15.5 Å². The van der Waals surface area contributed by atoms with Gasteiger partial charge in [-0.05, 0) is 22.3 Å². The Kier molecular flexibility index (Phi) is 6.85. The van der Waals surface area contributed by atoms with Crippen molar-refractivity contribution in [3.63, 3.8) is 0 Å². The molecule has 0 saturated heterocycles. The van der Waals surface area contributed by atoms with Gasteiger partial charge in [0.25, 0.3) is 5.91 Å². The summed E-state index contributed by atoms with van der Waals surface area (Å²) < 4.78 is 10.1. The van der Waals surface area contributed by atoms with Gasteiger partial charge in [-0.3, -0.25) is 20.0 Å². The molecular weight excluding hydrogens is 444 g/mol. The number of H-pyrrole nitrogens is 1. The number of rotatable bonds is 9. The molecule has 0 radical (unpaired) electrons. The second kappa shape index (κ2) is 10.1. The molecule has 2 aromatic carbocycles. The fourth-order valence-corrected chi connectivity index (χ4v) is 3.73. The second-order valence-electron chi connectivity index (χ2n) is 7.45. The first-order chi connectivity index (χ1) is 16.5. The number of nitrogens with one attached hydrogen (secondary N) is 3. The molecule has 1 heterocycles. The van der Waals surface area contributed by atoms with Gasteiger partial charge in [-0.15, -0.1) is 0 Å². The van der Waals surface area contributed by atoms with Crippen LogP contribution >= 0.6 is 0 Å². The van der Waals surface area contributed by atoms with Gasteiger partial charge in [-0.25, -0.2) is 15.1 Å². The number of methoxy groups -OCH3 is 1. The third kappa shape index (κ3) is 4.90. The highest BCUT2D eigenvalue weighted by Gasteiger charge is 2.29. The van der Waals surface area contributed by atoms with Crippen molar-refractivity contribution in [2.75, 3.05) is 25.6 Å². The summed E-state index contributed by atoms with van der Waals surface area (Å²) >= 11 is 0. The van der Waals surface area contributed by atoms with Crippen molar-refractivity contribution in [2.45, 2.75) is 12.0 Å². The Morgan fingerprint density at radius 2 is 1.74 bits per heavy atom. The van der Waals surface area contributed by atoms with Crippen LogP contribution in [0, 0.1) is 0 Å². The number of aliphatic carboxylic acids is 1. The maximum absolute atomic E-state index is 12.3. The molecule has 176 valence electrons. The summed E-state index contributed by atoms with van der Waals surface area (Å²) in [5.74, 6) is -2.13. The Morgan fingerprint density at radius 3 is 2.35 bits per heavy atom. The lowest BCUT2D eigenvalue weighted by atomic mass is 9.98. The number of nitrogens with zero attached hydrogens (tertiary/aromatic N) is 1. The van der Waals surface area contributed by atoms with E-state index in [1.807, 2.05) is 54.0 Å². The average Bonchev–Trinajstić information content (AvgIpc) is 3.43. The van der Waals surface area contributed by atoms with Crippen LogP contribution in [0.3, 0.4) is 0 Å². The van der Waals surface area contributed by atoms with Crippen molar-refractivity contribution in [3.05, 3.63) is 71.4 Å². The minimum absolute atomic E-state index is 0.0500. The van der Waals surface area contributed by atoms with E-state index in [-0.39, 0.29) is 30.6 Å². The minimum Gasteiger partial charge on any atom is -0.479 e. The summed E-state index contributed by atoms with van der Waals surface area (Å²) in [6.45, 7) is -0.130. The summed E-state index contributed by atoms with van der Waals surface area (Å²) in [6.07, 6.45) is -2.11. The molecule has 1 aliphatic rings. The van der Waals surface area contributed by atoms with E-state index in [1.54, 1.807) is 0 Å². The molecular formula is C23H22N4O7. The van der Waals surface area contributed by atoms with Gasteiger partial charge in [0, 0.05) is 19.1 Å². The number of aromatic nitrogens is 2. The molecule has 1 aromatic heterocycles. The second-order valence-corrected chi connectivity index (χ2v) is 7.45. The number of carbonyl (C=O) groups is 3. The molecule has 0 bridgehead atoms. The number of hydroxylamine groups is 1. The van der Waals surface area contributed by atoms with Crippen molar-refractivity contribution in [1.29, 1.82) is 0 Å². The normalized spacial score (nSPS) is 13.0. The van der Waals surface area contributed by atoms with Crippen molar-refractivity contribution >= 4 is 23.8 Å². The maximum Gasteiger partial charge on any atom is 0.412 e. The van der Waals surface area contributed by atoms with E-state index in [4.69, 9.17) is 19.4 Å². The molecule has 4 rings (SSSR count). The van der Waals surface area contributed by atoms with Crippen LogP contribution in [-0.2, 0) is 19.1 Å². The topological polar surface area (TPSA) is 152 Å². The molecule has 3 aromatic rings. The average molecular weight is 466 g/mol. The number of carbonyl (C=O) groups excluding carboxylic acids is 2. The van der Waals surface area contributed by atoms with Crippen molar-refractivity contribution in [1.82, 2.24) is 15.7 Å². The summed E-state index contributed by atoms with van der Waals surface area (Å²) in [5, 5.41) is 17.7. The number of carboxylic acids is 1. The van der Waals surface area contributed by atoms with Crippen LogP contribution in [0.5, 0.6) is 0 Å². The van der Waals surface area contributed by atoms with Crippen LogP contribution in [0.15, 0.2) is 54.6 Å². The number of benzene rings is 2. The first-order valence-electron chi connectivity index (χ1n) is 10.3. The first kappa shape index (κ1) is 23.0. The van der Waals surface area contributed by atoms with Crippen molar-refractivity contribution in [3.8, 4) is 11.1 Å². The third-order valence-electron chi connectivity index (χ3n) is 5.28. The SMILES string of the molecule is COCC(ONC(=O)c1cc(NC(=O)OCC2c3ccccc3-c3ccccc32)n[nH]1)C(=O)O. The van der Waals surface area contributed by atoms with Gasteiger partial charge in [0.15, 0.2) is 5.82 Å². The van der Waals surface area contributed by atoms with E-state index < -0.39 is 24.1 Å². The smallest absolute Gasteiger partial charge is 0.412 e. The Morgan fingerprint density at radius 1 is 1.09 bits per heavy atom. The quantitative estimate of drug-likeness (QED) is 0.351. The molecule has 1 aliphatic carbocycles. The highest BCUT2D eigenvalue weighted by molar-refractivity contribution is 5.93. The van der Waals surface area contributed by atoms with Gasteiger partial charge in [-0.2, -0.15) is 5.10 Å². The highest BCUT2D eigenvalue weighted by atomic mass is 16.7. The molecule has 1 unspecified atom stereocenters. The van der Waals surface area contributed by atoms with Crippen LogP contribution < -0.4 is 10.8 Å². The summed E-state index contributed by atoms with van der Waals surface area (Å²) in [4.78, 5) is 40.3. The van der Waals surface area contributed by atoms with E-state index in [0.29, 0.717) is 0 Å². The number of aromatic amines is 1. The molecule has 2 amide bonds. The Hall–Kier alpha value is -4.22. The van der Waals surface area contributed by atoms with E-state index in [9.17, 15) is 14.4 Å². The zero-order valence-corrected chi connectivity index (χ0v) is 18.1.